The van der Waals surface area contributed by atoms with Gasteiger partial charge in [-0.25, -0.2) is 13.8 Å². The number of halogens is 16. The molecule has 0 atom stereocenters. The fourth-order valence-electron chi connectivity index (χ4n) is 3.34. The summed E-state index contributed by atoms with van der Waals surface area (Å²) in [5, 5.41) is 1.23. The zero-order valence-electron chi connectivity index (χ0n) is 20.4. The maximum Gasteiger partial charge on any atom is 0.393 e. The topological polar surface area (TPSA) is 42.0 Å². The number of nitrogens with zero attached hydrogens (tertiary/aromatic N) is 1. The molecule has 0 radical (unpaired) electrons. The summed E-state index contributed by atoms with van der Waals surface area (Å²) in [7, 11) is 0. The van der Waals surface area contributed by atoms with Crippen molar-refractivity contribution in [2.24, 2.45) is 0 Å². The molecular weight excluding hydrogens is 656 g/mol. The summed E-state index contributed by atoms with van der Waals surface area (Å²) in [6.45, 7) is 1.78. The molecule has 238 valence electrons. The molecule has 0 aliphatic carbocycles. The van der Waals surface area contributed by atoms with Crippen LogP contribution in [0, 0.1) is 6.92 Å². The van der Waals surface area contributed by atoms with E-state index in [1.54, 1.807) is 25.1 Å². The molecule has 1 aromatic heterocycles. The van der Waals surface area contributed by atoms with Crippen molar-refractivity contribution in [2.75, 3.05) is 5.32 Å². The van der Waals surface area contributed by atoms with E-state index in [0.717, 1.165) is 34.3 Å². The summed E-state index contributed by atoms with van der Waals surface area (Å²) in [5.41, 5.74) is 0.753. The van der Waals surface area contributed by atoms with Gasteiger partial charge in [0.1, 0.15) is 5.01 Å². The first-order chi connectivity index (χ1) is 19.3. The molecule has 3 nitrogen and oxygen atoms in total. The minimum atomic E-state index is -8.58. The van der Waals surface area contributed by atoms with E-state index in [-0.39, 0.29) is 5.56 Å². The van der Waals surface area contributed by atoms with Crippen molar-refractivity contribution in [3.63, 3.8) is 0 Å². The zero-order valence-corrected chi connectivity index (χ0v) is 21.2. The predicted octanol–water partition coefficient (Wildman–Crippen LogP) is 8.92. The van der Waals surface area contributed by atoms with Gasteiger partial charge in [0.25, 0.3) is 0 Å². The van der Waals surface area contributed by atoms with Crippen molar-refractivity contribution in [3.05, 3.63) is 48.0 Å². The van der Waals surface area contributed by atoms with Crippen LogP contribution in [0.5, 0.6) is 0 Å². The number of benzene rings is 2. The Labute approximate surface area is 232 Å². The molecule has 0 aliphatic rings. The lowest BCUT2D eigenvalue weighted by atomic mass is 9.89. The normalized spacial score (nSPS) is 14.5. The van der Waals surface area contributed by atoms with Gasteiger partial charge in [0.15, 0.2) is 0 Å². The van der Waals surface area contributed by atoms with E-state index in [9.17, 15) is 75.0 Å². The predicted molar refractivity (Wildman–Crippen MR) is 119 cm³/mol. The second-order valence-corrected chi connectivity index (χ2v) is 9.92. The lowest BCUT2D eigenvalue weighted by Gasteiger charge is -2.42. The fourth-order valence-corrected chi connectivity index (χ4v) is 4.41. The lowest BCUT2D eigenvalue weighted by molar-refractivity contribution is -0.443. The standard InChI is InChI=1S/C23H12F16N2OS/c1-9-2-7-12-13(8-9)43-14(41-12)10-3-5-11(6-4-10)40-16(42)18(28,29)20(32,33)22(36,37)23(38,39)21(34,35)19(30,31)17(26,27)15(24)25/h2-8,15H,1H3,(H,40,42). The Bertz CT molecular complexity index is 1500. The van der Waals surface area contributed by atoms with Gasteiger partial charge in [-0.3, -0.25) is 4.79 Å². The average Bonchev–Trinajstić information content (AvgIpc) is 3.31. The Kier molecular flexibility index (Phi) is 8.26. The number of hydrogen-bond acceptors (Lipinski definition) is 3. The molecule has 20 heteroatoms. The first-order valence-corrected chi connectivity index (χ1v) is 11.8. The number of aromatic nitrogens is 1. The summed E-state index contributed by atoms with van der Waals surface area (Å²) >= 11 is 1.13. The Morgan fingerprint density at radius 2 is 1.21 bits per heavy atom. The molecule has 3 aromatic rings. The Hall–Kier alpha value is -3.32. The van der Waals surface area contributed by atoms with Gasteiger partial charge in [-0.1, -0.05) is 6.07 Å². The van der Waals surface area contributed by atoms with E-state index < -0.39 is 59.5 Å². The van der Waals surface area contributed by atoms with Gasteiger partial charge in [0.2, 0.25) is 0 Å². The summed E-state index contributed by atoms with van der Waals surface area (Å²) in [6.07, 6.45) is -5.93. The molecular formula is C23H12F16N2OS. The zero-order chi connectivity index (χ0) is 33.2. The van der Waals surface area contributed by atoms with Crippen LogP contribution >= 0.6 is 11.3 Å². The maximum absolute atomic E-state index is 14.2. The van der Waals surface area contributed by atoms with Crippen molar-refractivity contribution in [2.45, 2.75) is 54.8 Å². The number of carbonyl (C=O) groups excluding carboxylic acids is 1. The third-order valence-corrected chi connectivity index (χ3v) is 6.95. The van der Waals surface area contributed by atoms with Crippen LogP contribution in [0.4, 0.5) is 75.9 Å². The number of anilines is 1. The lowest BCUT2D eigenvalue weighted by Crippen LogP contribution is -2.74. The van der Waals surface area contributed by atoms with Gasteiger partial charge >= 0.3 is 53.8 Å². The summed E-state index contributed by atoms with van der Waals surface area (Å²) in [4.78, 5) is 16.0. The average molecular weight is 668 g/mol. The van der Waals surface area contributed by atoms with Gasteiger partial charge in [-0.05, 0) is 48.9 Å². The monoisotopic (exact) mass is 668 g/mol. The van der Waals surface area contributed by atoms with Crippen LogP contribution in [0.1, 0.15) is 5.56 Å². The number of fused-ring (bicyclic) bond motifs is 1. The highest BCUT2D eigenvalue weighted by atomic mass is 32.1. The van der Waals surface area contributed by atoms with E-state index in [1.165, 1.54) is 0 Å². The van der Waals surface area contributed by atoms with E-state index in [0.29, 0.717) is 27.4 Å². The molecule has 2 aromatic carbocycles. The molecule has 0 unspecified atom stereocenters. The molecule has 0 fully saturated rings. The van der Waals surface area contributed by atoms with E-state index in [2.05, 4.69) is 4.98 Å². The molecule has 0 spiro atoms. The maximum atomic E-state index is 14.2. The van der Waals surface area contributed by atoms with Gasteiger partial charge in [0.05, 0.1) is 10.2 Å². The number of thiazole rings is 1. The minimum Gasteiger partial charge on any atom is -0.321 e. The number of rotatable bonds is 10. The molecule has 0 bridgehead atoms. The molecule has 1 amide bonds. The summed E-state index contributed by atoms with van der Waals surface area (Å²) < 4.78 is 216. The summed E-state index contributed by atoms with van der Waals surface area (Å²) in [6, 6.07) is 8.66. The Morgan fingerprint density at radius 1 is 0.721 bits per heavy atom. The number of alkyl halides is 16. The van der Waals surface area contributed by atoms with Crippen molar-refractivity contribution in [1.82, 2.24) is 4.98 Å². The van der Waals surface area contributed by atoms with E-state index in [1.807, 2.05) is 0 Å². The number of carbonyl (C=O) groups is 1. The first kappa shape index (κ1) is 34.2. The van der Waals surface area contributed by atoms with Crippen LogP contribution in [-0.2, 0) is 4.79 Å². The largest absolute Gasteiger partial charge is 0.393 e. The van der Waals surface area contributed by atoms with Gasteiger partial charge in [-0.2, -0.15) is 61.5 Å². The Balaban J connectivity index is 1.90. The highest BCUT2D eigenvalue weighted by molar-refractivity contribution is 7.21. The quantitative estimate of drug-likeness (QED) is 0.219. The van der Waals surface area contributed by atoms with Crippen LogP contribution in [0.3, 0.4) is 0 Å². The van der Waals surface area contributed by atoms with Crippen molar-refractivity contribution in [1.29, 1.82) is 0 Å². The highest BCUT2D eigenvalue weighted by Crippen LogP contribution is 2.62. The molecule has 0 saturated heterocycles. The molecule has 0 saturated carbocycles. The van der Waals surface area contributed by atoms with Gasteiger partial charge in [-0.15, -0.1) is 11.3 Å². The van der Waals surface area contributed by atoms with Crippen LogP contribution in [0.25, 0.3) is 20.8 Å². The summed E-state index contributed by atoms with van der Waals surface area (Å²) in [5.74, 6) is -59.9. The van der Waals surface area contributed by atoms with E-state index in [4.69, 9.17) is 0 Å². The number of hydrogen-bond donors (Lipinski definition) is 1. The van der Waals surface area contributed by atoms with Crippen LogP contribution < -0.4 is 5.32 Å². The molecule has 3 rings (SSSR count). The molecule has 43 heavy (non-hydrogen) atoms. The highest BCUT2D eigenvalue weighted by Gasteiger charge is 2.94. The fraction of sp³-hybridized carbons (Fsp3) is 0.391. The second kappa shape index (κ2) is 10.4. The van der Waals surface area contributed by atoms with Gasteiger partial charge < -0.3 is 5.32 Å². The Morgan fingerprint density at radius 3 is 1.72 bits per heavy atom. The van der Waals surface area contributed by atoms with Gasteiger partial charge in [0, 0.05) is 11.3 Å². The third kappa shape index (κ3) is 5.03. The number of amides is 1. The third-order valence-electron chi connectivity index (χ3n) is 5.88. The number of aryl methyl sites for hydroxylation is 1. The molecule has 1 heterocycles. The number of nitrogens with one attached hydrogen (secondary N) is 1. The van der Waals surface area contributed by atoms with Crippen LogP contribution in [-0.4, -0.2) is 58.8 Å². The van der Waals surface area contributed by atoms with E-state index >= 15 is 0 Å². The minimum absolute atomic E-state index is 0.240. The molecule has 0 aliphatic heterocycles. The SMILES string of the molecule is Cc1ccc2nc(-c3ccc(NC(=O)C(F)(F)C(F)(F)C(F)(F)C(F)(F)C(F)(F)C(F)(F)C(F)(F)C(F)F)cc3)sc2c1. The van der Waals surface area contributed by atoms with Crippen molar-refractivity contribution >= 4 is 33.1 Å². The van der Waals surface area contributed by atoms with Crippen LogP contribution in [0.2, 0.25) is 0 Å². The van der Waals surface area contributed by atoms with Crippen molar-refractivity contribution in [3.8, 4) is 10.6 Å². The second-order valence-electron chi connectivity index (χ2n) is 8.89. The van der Waals surface area contributed by atoms with Crippen LogP contribution in [0.15, 0.2) is 42.5 Å². The first-order valence-electron chi connectivity index (χ1n) is 11.0. The van der Waals surface area contributed by atoms with Crippen molar-refractivity contribution < 1.29 is 75.0 Å². The molecule has 1 N–H and O–H groups in total. The smallest absolute Gasteiger partial charge is 0.321 e.